The molecule has 0 aromatic heterocycles. The van der Waals surface area contributed by atoms with Gasteiger partial charge in [0.1, 0.15) is 19.0 Å². The molecule has 0 aliphatic heterocycles. The van der Waals surface area contributed by atoms with Crippen LogP contribution in [0.25, 0.3) is 0 Å². The fraction of sp³-hybridized carbons (Fsp3) is 0.375. The summed E-state index contributed by atoms with van der Waals surface area (Å²) < 4.78 is 10.4. The minimum Gasteiger partial charge on any atom is -0.496 e. The minimum absolute atomic E-state index is 0.296. The molecule has 0 saturated heterocycles. The van der Waals surface area contributed by atoms with Gasteiger partial charge in [-0.05, 0) is 23.6 Å². The van der Waals surface area contributed by atoms with Gasteiger partial charge in [-0.15, -0.1) is 6.42 Å². The molecule has 0 saturated carbocycles. The third-order valence-corrected chi connectivity index (χ3v) is 2.45. The van der Waals surface area contributed by atoms with Crippen molar-refractivity contribution in [1.82, 2.24) is 0 Å². The quantitative estimate of drug-likeness (QED) is 0.597. The second-order valence-electron chi connectivity index (χ2n) is 4.11. The van der Waals surface area contributed by atoms with Crippen molar-refractivity contribution in [3.8, 4) is 29.9 Å². The second kappa shape index (κ2) is 7.43. The summed E-state index contributed by atoms with van der Waals surface area (Å²) >= 11 is 0. The zero-order valence-electron chi connectivity index (χ0n) is 11.1. The van der Waals surface area contributed by atoms with E-state index in [9.17, 15) is 0 Å². The highest BCUT2D eigenvalue weighted by Crippen LogP contribution is 2.26. The van der Waals surface area contributed by atoms with Crippen LogP contribution in [0.15, 0.2) is 18.2 Å². The van der Waals surface area contributed by atoms with Crippen molar-refractivity contribution in [3.63, 3.8) is 0 Å². The zero-order chi connectivity index (χ0) is 13.4. The molecular formula is C16H18O2. The van der Waals surface area contributed by atoms with Crippen molar-refractivity contribution in [1.29, 1.82) is 0 Å². The van der Waals surface area contributed by atoms with Gasteiger partial charge in [0.25, 0.3) is 0 Å². The van der Waals surface area contributed by atoms with E-state index >= 15 is 0 Å². The fourth-order valence-electron chi connectivity index (χ4n) is 1.57. The topological polar surface area (TPSA) is 18.5 Å². The van der Waals surface area contributed by atoms with Crippen molar-refractivity contribution >= 4 is 0 Å². The average molecular weight is 242 g/mol. The van der Waals surface area contributed by atoms with E-state index in [2.05, 4.69) is 37.7 Å². The lowest BCUT2D eigenvalue weighted by Crippen LogP contribution is -1.95. The number of ether oxygens (including phenoxy) is 2. The number of terminal acetylenes is 1. The molecule has 0 N–H and O–H groups in total. The van der Waals surface area contributed by atoms with Gasteiger partial charge in [0.15, 0.2) is 0 Å². The third-order valence-electron chi connectivity index (χ3n) is 2.45. The molecule has 0 unspecified atom stereocenters. The van der Waals surface area contributed by atoms with Gasteiger partial charge >= 0.3 is 0 Å². The Morgan fingerprint density at radius 1 is 1.28 bits per heavy atom. The lowest BCUT2D eigenvalue weighted by Gasteiger charge is -2.11. The number of rotatable bonds is 4. The zero-order valence-corrected chi connectivity index (χ0v) is 11.1. The monoisotopic (exact) mass is 242 g/mol. The third kappa shape index (κ3) is 4.17. The molecule has 2 heteroatoms. The standard InChI is InChI=1S/C16H18O2/c1-5-10-18-11-6-7-14-8-9-15(13(2)3)16(12-14)17-4/h1,8-9,12-13H,10-11H2,2-4H3. The Balaban J connectivity index is 2.77. The van der Waals surface area contributed by atoms with Crippen LogP contribution in [0.3, 0.4) is 0 Å². The molecule has 0 heterocycles. The second-order valence-corrected chi connectivity index (χ2v) is 4.11. The van der Waals surface area contributed by atoms with Gasteiger partial charge in [-0.3, -0.25) is 0 Å². The molecule has 0 bridgehead atoms. The molecule has 0 aliphatic rings. The Bertz CT molecular complexity index is 484. The van der Waals surface area contributed by atoms with Gasteiger partial charge in [-0.25, -0.2) is 0 Å². The SMILES string of the molecule is C#CCOCC#Cc1ccc(C(C)C)c(OC)c1. The summed E-state index contributed by atoms with van der Waals surface area (Å²) in [6.45, 7) is 4.91. The number of hydrogen-bond acceptors (Lipinski definition) is 2. The van der Waals surface area contributed by atoms with E-state index in [4.69, 9.17) is 15.9 Å². The average Bonchev–Trinajstić information content (AvgIpc) is 2.38. The fourth-order valence-corrected chi connectivity index (χ4v) is 1.57. The van der Waals surface area contributed by atoms with Crippen LogP contribution in [0.5, 0.6) is 5.75 Å². The summed E-state index contributed by atoms with van der Waals surface area (Å²) in [7, 11) is 1.68. The summed E-state index contributed by atoms with van der Waals surface area (Å²) in [5, 5.41) is 0. The van der Waals surface area contributed by atoms with Crippen LogP contribution in [-0.2, 0) is 4.74 Å². The van der Waals surface area contributed by atoms with E-state index < -0.39 is 0 Å². The summed E-state index contributed by atoms with van der Waals surface area (Å²) in [5.41, 5.74) is 2.10. The number of benzene rings is 1. The molecule has 94 valence electrons. The maximum absolute atomic E-state index is 5.37. The summed E-state index contributed by atoms with van der Waals surface area (Å²) in [6.07, 6.45) is 5.06. The minimum atomic E-state index is 0.296. The lowest BCUT2D eigenvalue weighted by atomic mass is 10.0. The highest BCUT2D eigenvalue weighted by molar-refractivity contribution is 5.45. The number of methoxy groups -OCH3 is 1. The van der Waals surface area contributed by atoms with Crippen LogP contribution in [0.1, 0.15) is 30.9 Å². The van der Waals surface area contributed by atoms with Crippen molar-refractivity contribution in [2.75, 3.05) is 20.3 Å². The maximum atomic E-state index is 5.37. The first-order chi connectivity index (χ1) is 8.69. The van der Waals surface area contributed by atoms with Crippen molar-refractivity contribution in [3.05, 3.63) is 29.3 Å². The Morgan fingerprint density at radius 3 is 2.67 bits per heavy atom. The first-order valence-corrected chi connectivity index (χ1v) is 5.87. The van der Waals surface area contributed by atoms with Crippen LogP contribution in [0.2, 0.25) is 0 Å². The van der Waals surface area contributed by atoms with Gasteiger partial charge in [0.05, 0.1) is 7.11 Å². The van der Waals surface area contributed by atoms with Crippen LogP contribution in [0.4, 0.5) is 0 Å². The maximum Gasteiger partial charge on any atom is 0.123 e. The molecular weight excluding hydrogens is 224 g/mol. The molecule has 0 fully saturated rings. The van der Waals surface area contributed by atoms with E-state index in [1.807, 2.05) is 12.1 Å². The van der Waals surface area contributed by atoms with Crippen LogP contribution < -0.4 is 4.74 Å². The van der Waals surface area contributed by atoms with Gasteiger partial charge in [0, 0.05) is 5.56 Å². The Morgan fingerprint density at radius 2 is 2.06 bits per heavy atom. The molecule has 0 radical (unpaired) electrons. The summed E-state index contributed by atoms with van der Waals surface area (Å²) in [6, 6.07) is 5.99. The molecule has 0 amide bonds. The van der Waals surface area contributed by atoms with Gasteiger partial charge in [-0.2, -0.15) is 0 Å². The normalized spacial score (nSPS) is 9.50. The van der Waals surface area contributed by atoms with Crippen molar-refractivity contribution < 1.29 is 9.47 Å². The van der Waals surface area contributed by atoms with E-state index in [1.165, 1.54) is 5.56 Å². The molecule has 1 rings (SSSR count). The van der Waals surface area contributed by atoms with Crippen molar-refractivity contribution in [2.24, 2.45) is 0 Å². The van der Waals surface area contributed by atoms with Crippen LogP contribution in [-0.4, -0.2) is 20.3 Å². The van der Waals surface area contributed by atoms with E-state index in [0.29, 0.717) is 19.1 Å². The molecule has 2 nitrogen and oxygen atoms in total. The molecule has 1 aromatic rings. The largest absolute Gasteiger partial charge is 0.496 e. The molecule has 1 aromatic carbocycles. The lowest BCUT2D eigenvalue weighted by molar-refractivity contribution is 0.205. The van der Waals surface area contributed by atoms with Gasteiger partial charge in [-0.1, -0.05) is 37.7 Å². The highest BCUT2D eigenvalue weighted by atomic mass is 16.5. The molecule has 0 atom stereocenters. The van der Waals surface area contributed by atoms with E-state index in [0.717, 1.165) is 11.3 Å². The van der Waals surface area contributed by atoms with Crippen LogP contribution in [0, 0.1) is 24.2 Å². The number of hydrogen-bond donors (Lipinski definition) is 0. The summed E-state index contributed by atoms with van der Waals surface area (Å²) in [4.78, 5) is 0. The van der Waals surface area contributed by atoms with Gasteiger partial charge < -0.3 is 9.47 Å². The summed E-state index contributed by atoms with van der Waals surface area (Å²) in [5.74, 6) is 9.64. The Hall–Kier alpha value is -1.90. The van der Waals surface area contributed by atoms with E-state index in [1.54, 1.807) is 7.11 Å². The Kier molecular flexibility index (Phi) is 5.85. The van der Waals surface area contributed by atoms with Crippen molar-refractivity contribution in [2.45, 2.75) is 19.8 Å². The Labute approximate surface area is 109 Å². The van der Waals surface area contributed by atoms with Gasteiger partial charge in [0.2, 0.25) is 0 Å². The molecule has 0 spiro atoms. The predicted molar refractivity (Wildman–Crippen MR) is 73.6 cm³/mol. The first kappa shape index (κ1) is 14.2. The predicted octanol–water partition coefficient (Wildman–Crippen LogP) is 2.82. The van der Waals surface area contributed by atoms with Crippen LogP contribution >= 0.6 is 0 Å². The highest BCUT2D eigenvalue weighted by Gasteiger charge is 2.06. The smallest absolute Gasteiger partial charge is 0.123 e. The first-order valence-electron chi connectivity index (χ1n) is 5.87. The molecule has 0 aliphatic carbocycles. The molecule has 18 heavy (non-hydrogen) atoms. The van der Waals surface area contributed by atoms with E-state index in [-0.39, 0.29) is 0 Å².